The van der Waals surface area contributed by atoms with Crippen LogP contribution in [0.25, 0.3) is 11.1 Å². The molecule has 0 spiro atoms. The molecule has 3 aromatic rings. The van der Waals surface area contributed by atoms with Crippen molar-refractivity contribution in [3.63, 3.8) is 0 Å². The molecule has 0 aliphatic heterocycles. The van der Waals surface area contributed by atoms with E-state index in [0.29, 0.717) is 6.42 Å². The second-order valence-corrected chi connectivity index (χ2v) is 8.12. The summed E-state index contributed by atoms with van der Waals surface area (Å²) in [5.41, 5.74) is 5.36. The standard InChI is InChI=1S/C28H27NO4/c1-2-3-17-29(26(27(30)31)18-20-11-5-4-6-12-20)28(32)33-19-25-23-15-9-7-13-21(23)22-14-8-10-16-24(22)25/h2,4-16,25-26H,1,3,17-19H2,(H,30,31)/t26-/m0/s1. The van der Waals surface area contributed by atoms with E-state index < -0.39 is 18.1 Å². The maximum Gasteiger partial charge on any atom is 0.410 e. The molecular weight excluding hydrogens is 414 g/mol. The predicted octanol–water partition coefficient (Wildman–Crippen LogP) is 5.51. The fourth-order valence-corrected chi connectivity index (χ4v) is 4.45. The van der Waals surface area contributed by atoms with E-state index in [1.54, 1.807) is 6.08 Å². The maximum absolute atomic E-state index is 13.2. The summed E-state index contributed by atoms with van der Waals surface area (Å²) in [6, 6.07) is 24.5. The first-order valence-electron chi connectivity index (χ1n) is 11.1. The van der Waals surface area contributed by atoms with E-state index in [9.17, 15) is 14.7 Å². The largest absolute Gasteiger partial charge is 0.480 e. The van der Waals surface area contributed by atoms with Gasteiger partial charge in [0.25, 0.3) is 0 Å². The Morgan fingerprint density at radius 1 is 0.939 bits per heavy atom. The molecule has 1 amide bonds. The Bertz CT molecular complexity index is 1100. The molecule has 5 nitrogen and oxygen atoms in total. The Kier molecular flexibility index (Phi) is 6.89. The first kappa shape index (κ1) is 22.3. The summed E-state index contributed by atoms with van der Waals surface area (Å²) >= 11 is 0. The third-order valence-corrected chi connectivity index (χ3v) is 6.08. The number of rotatable bonds is 9. The lowest BCUT2D eigenvalue weighted by atomic mass is 9.98. The van der Waals surface area contributed by atoms with Crippen LogP contribution in [0.4, 0.5) is 4.79 Å². The zero-order valence-electron chi connectivity index (χ0n) is 18.4. The van der Waals surface area contributed by atoms with E-state index >= 15 is 0 Å². The van der Waals surface area contributed by atoms with Crippen LogP contribution >= 0.6 is 0 Å². The van der Waals surface area contributed by atoms with Gasteiger partial charge in [-0.05, 0) is 34.2 Å². The Balaban J connectivity index is 1.54. The molecule has 0 saturated heterocycles. The third-order valence-electron chi connectivity index (χ3n) is 6.08. The Morgan fingerprint density at radius 2 is 1.52 bits per heavy atom. The molecule has 1 N–H and O–H groups in total. The van der Waals surface area contributed by atoms with Crippen LogP contribution in [0.5, 0.6) is 0 Å². The number of fused-ring (bicyclic) bond motifs is 3. The van der Waals surface area contributed by atoms with Gasteiger partial charge in [-0.1, -0.05) is 84.9 Å². The number of benzene rings is 3. The highest BCUT2D eigenvalue weighted by Gasteiger charge is 2.33. The minimum atomic E-state index is -1.06. The molecule has 0 radical (unpaired) electrons. The summed E-state index contributed by atoms with van der Waals surface area (Å²) in [6.07, 6.45) is 1.73. The summed E-state index contributed by atoms with van der Waals surface area (Å²) in [7, 11) is 0. The van der Waals surface area contributed by atoms with Gasteiger partial charge in [-0.15, -0.1) is 6.58 Å². The van der Waals surface area contributed by atoms with Gasteiger partial charge < -0.3 is 9.84 Å². The molecule has 4 rings (SSSR count). The molecule has 168 valence electrons. The molecule has 1 aliphatic carbocycles. The lowest BCUT2D eigenvalue weighted by Gasteiger charge is -2.29. The van der Waals surface area contributed by atoms with E-state index in [1.165, 1.54) is 4.90 Å². The highest BCUT2D eigenvalue weighted by atomic mass is 16.6. The van der Waals surface area contributed by atoms with Gasteiger partial charge in [-0.25, -0.2) is 9.59 Å². The van der Waals surface area contributed by atoms with Crippen molar-refractivity contribution in [1.29, 1.82) is 0 Å². The van der Waals surface area contributed by atoms with Crippen molar-refractivity contribution in [2.24, 2.45) is 0 Å². The van der Waals surface area contributed by atoms with Crippen molar-refractivity contribution >= 4 is 12.1 Å². The Labute approximate surface area is 193 Å². The number of carboxylic acids is 1. The second kappa shape index (κ2) is 10.2. The molecule has 0 bridgehead atoms. The van der Waals surface area contributed by atoms with E-state index in [0.717, 1.165) is 27.8 Å². The first-order chi connectivity index (χ1) is 16.1. The van der Waals surface area contributed by atoms with Crippen LogP contribution in [-0.2, 0) is 16.0 Å². The first-order valence-corrected chi connectivity index (χ1v) is 11.1. The lowest BCUT2D eigenvalue weighted by molar-refractivity contribution is -0.142. The van der Waals surface area contributed by atoms with Crippen LogP contribution in [0.15, 0.2) is 91.5 Å². The van der Waals surface area contributed by atoms with Crippen LogP contribution < -0.4 is 0 Å². The summed E-state index contributed by atoms with van der Waals surface area (Å²) in [5, 5.41) is 9.92. The van der Waals surface area contributed by atoms with Crippen LogP contribution in [0.1, 0.15) is 29.0 Å². The fraction of sp³-hybridized carbons (Fsp3) is 0.214. The zero-order valence-corrected chi connectivity index (χ0v) is 18.4. The smallest absolute Gasteiger partial charge is 0.410 e. The van der Waals surface area contributed by atoms with Gasteiger partial charge in [0.05, 0.1) is 0 Å². The van der Waals surface area contributed by atoms with Crippen molar-refractivity contribution in [3.05, 3.63) is 108 Å². The van der Waals surface area contributed by atoms with Gasteiger partial charge >= 0.3 is 12.1 Å². The SMILES string of the molecule is C=CCCN(C(=O)OCC1c2ccccc2-c2ccccc21)[C@@H](Cc1ccccc1)C(=O)O. The molecule has 0 heterocycles. The van der Waals surface area contributed by atoms with Crippen molar-refractivity contribution < 1.29 is 19.4 Å². The molecule has 0 fully saturated rings. The van der Waals surface area contributed by atoms with Gasteiger partial charge in [0.1, 0.15) is 12.6 Å². The number of hydrogen-bond acceptors (Lipinski definition) is 3. The third kappa shape index (κ3) is 4.82. The van der Waals surface area contributed by atoms with Gasteiger partial charge in [-0.3, -0.25) is 4.90 Å². The average Bonchev–Trinajstić information content (AvgIpc) is 3.16. The molecule has 1 aliphatic rings. The number of hydrogen-bond donors (Lipinski definition) is 1. The van der Waals surface area contributed by atoms with Crippen molar-refractivity contribution in [3.8, 4) is 11.1 Å². The van der Waals surface area contributed by atoms with Crippen LogP contribution in [0.3, 0.4) is 0 Å². The fourth-order valence-electron chi connectivity index (χ4n) is 4.45. The normalized spacial score (nSPS) is 13.0. The van der Waals surface area contributed by atoms with Gasteiger partial charge in [-0.2, -0.15) is 0 Å². The number of carbonyl (C=O) groups excluding carboxylic acids is 1. The van der Waals surface area contributed by atoms with Crippen LogP contribution in [0, 0.1) is 0 Å². The second-order valence-electron chi connectivity index (χ2n) is 8.12. The molecule has 33 heavy (non-hydrogen) atoms. The summed E-state index contributed by atoms with van der Waals surface area (Å²) < 4.78 is 5.76. The van der Waals surface area contributed by atoms with Crippen molar-refractivity contribution in [1.82, 2.24) is 4.90 Å². The average molecular weight is 442 g/mol. The summed E-state index contributed by atoms with van der Waals surface area (Å²) in [4.78, 5) is 26.6. The number of aliphatic carboxylic acids is 1. The number of amides is 1. The van der Waals surface area contributed by atoms with E-state index in [4.69, 9.17) is 4.74 Å². The van der Waals surface area contributed by atoms with Crippen molar-refractivity contribution in [2.45, 2.75) is 24.8 Å². The quantitative estimate of drug-likeness (QED) is 0.445. The topological polar surface area (TPSA) is 66.8 Å². The van der Waals surface area contributed by atoms with Crippen LogP contribution in [-0.4, -0.2) is 41.3 Å². The van der Waals surface area contributed by atoms with E-state index in [1.807, 2.05) is 54.6 Å². The molecule has 0 aromatic heterocycles. The highest BCUT2D eigenvalue weighted by Crippen LogP contribution is 2.44. The molecule has 0 saturated carbocycles. The molecule has 5 heteroatoms. The Hall–Kier alpha value is -3.86. The minimum Gasteiger partial charge on any atom is -0.480 e. The molecule has 1 atom stereocenters. The monoisotopic (exact) mass is 441 g/mol. The number of carbonyl (C=O) groups is 2. The van der Waals surface area contributed by atoms with Gasteiger partial charge in [0, 0.05) is 18.9 Å². The summed E-state index contributed by atoms with van der Waals surface area (Å²) in [6.45, 7) is 4.09. The molecule has 0 unspecified atom stereocenters. The van der Waals surface area contributed by atoms with E-state index in [2.05, 4.69) is 30.8 Å². The molecular formula is C28H27NO4. The highest BCUT2D eigenvalue weighted by molar-refractivity contribution is 5.81. The predicted molar refractivity (Wildman–Crippen MR) is 128 cm³/mol. The number of carboxylic acid groups (broad SMARTS) is 1. The van der Waals surface area contributed by atoms with Gasteiger partial charge in [0.2, 0.25) is 0 Å². The lowest BCUT2D eigenvalue weighted by Crippen LogP contribution is -2.47. The number of ether oxygens (including phenoxy) is 1. The minimum absolute atomic E-state index is 0.0833. The number of nitrogens with zero attached hydrogens (tertiary/aromatic N) is 1. The molecule has 3 aromatic carbocycles. The van der Waals surface area contributed by atoms with Gasteiger partial charge in [0.15, 0.2) is 0 Å². The Morgan fingerprint density at radius 3 is 2.09 bits per heavy atom. The van der Waals surface area contributed by atoms with Crippen molar-refractivity contribution in [2.75, 3.05) is 13.2 Å². The zero-order chi connectivity index (χ0) is 23.2. The van der Waals surface area contributed by atoms with Crippen LogP contribution in [0.2, 0.25) is 0 Å². The maximum atomic E-state index is 13.2. The van der Waals surface area contributed by atoms with E-state index in [-0.39, 0.29) is 25.5 Å². The summed E-state index contributed by atoms with van der Waals surface area (Å²) in [5.74, 6) is -1.14.